The van der Waals surface area contributed by atoms with Gasteiger partial charge in [-0.05, 0) is 12.5 Å². The van der Waals surface area contributed by atoms with Gasteiger partial charge in [0.25, 0.3) is 5.91 Å². The summed E-state index contributed by atoms with van der Waals surface area (Å²) in [6.45, 7) is 1.31. The van der Waals surface area contributed by atoms with Crippen molar-refractivity contribution in [3.8, 4) is 5.75 Å². The molecule has 2 N–H and O–H groups in total. The number of amides is 1. The second-order valence-corrected chi connectivity index (χ2v) is 4.26. The molecule has 1 amide bonds. The number of carbonyl (C=O) groups excluding carboxylic acids is 1. The van der Waals surface area contributed by atoms with Crippen molar-refractivity contribution in [1.29, 1.82) is 0 Å². The molecule has 0 spiro atoms. The van der Waals surface area contributed by atoms with Gasteiger partial charge in [-0.25, -0.2) is 4.79 Å². The first kappa shape index (κ1) is 16.4. The van der Waals surface area contributed by atoms with Gasteiger partial charge in [0, 0.05) is 6.07 Å². The average molecular weight is 296 g/mol. The molecule has 1 rings (SSSR count). The van der Waals surface area contributed by atoms with Gasteiger partial charge < -0.3 is 15.2 Å². The van der Waals surface area contributed by atoms with Gasteiger partial charge in [-0.15, -0.1) is 0 Å². The SMILES string of the molecule is CCC[C@@H](NC(=O)COc1ccccc1[N+](=O)[O-])C(=O)O. The van der Waals surface area contributed by atoms with Crippen LogP contribution in [0.3, 0.4) is 0 Å². The lowest BCUT2D eigenvalue weighted by Crippen LogP contribution is -2.42. The van der Waals surface area contributed by atoms with Crippen LogP contribution in [0.4, 0.5) is 5.69 Å². The Morgan fingerprint density at radius 2 is 2.10 bits per heavy atom. The third kappa shape index (κ3) is 5.09. The van der Waals surface area contributed by atoms with Crippen molar-refractivity contribution >= 4 is 17.6 Å². The Morgan fingerprint density at radius 1 is 1.43 bits per heavy atom. The van der Waals surface area contributed by atoms with Crippen molar-refractivity contribution < 1.29 is 24.4 Å². The molecule has 0 aliphatic heterocycles. The van der Waals surface area contributed by atoms with Crippen molar-refractivity contribution in [3.63, 3.8) is 0 Å². The molecule has 0 aromatic heterocycles. The molecule has 0 aliphatic rings. The summed E-state index contributed by atoms with van der Waals surface area (Å²) in [4.78, 5) is 32.7. The molecule has 1 aromatic rings. The highest BCUT2D eigenvalue weighted by Gasteiger charge is 2.20. The largest absolute Gasteiger partial charge is 0.480 e. The van der Waals surface area contributed by atoms with Crippen LogP contribution >= 0.6 is 0 Å². The number of nitro groups is 1. The number of nitro benzene ring substituents is 1. The predicted molar refractivity (Wildman–Crippen MR) is 73.1 cm³/mol. The molecule has 8 heteroatoms. The van der Waals surface area contributed by atoms with Gasteiger partial charge in [0.2, 0.25) is 0 Å². The Hall–Kier alpha value is -2.64. The van der Waals surface area contributed by atoms with Crippen molar-refractivity contribution in [1.82, 2.24) is 5.32 Å². The van der Waals surface area contributed by atoms with E-state index in [1.165, 1.54) is 24.3 Å². The van der Waals surface area contributed by atoms with Gasteiger partial charge in [0.1, 0.15) is 6.04 Å². The van der Waals surface area contributed by atoms with Gasteiger partial charge in [0.05, 0.1) is 4.92 Å². The number of ether oxygens (including phenoxy) is 1. The molecule has 0 aliphatic carbocycles. The van der Waals surface area contributed by atoms with Crippen LogP contribution in [0.25, 0.3) is 0 Å². The Bertz CT molecular complexity index is 531. The lowest BCUT2D eigenvalue weighted by molar-refractivity contribution is -0.385. The van der Waals surface area contributed by atoms with Gasteiger partial charge in [-0.3, -0.25) is 14.9 Å². The summed E-state index contributed by atoms with van der Waals surface area (Å²) in [5.41, 5.74) is -0.256. The smallest absolute Gasteiger partial charge is 0.326 e. The molecule has 0 heterocycles. The van der Waals surface area contributed by atoms with Crippen LogP contribution in [0, 0.1) is 10.1 Å². The molecular formula is C13H16N2O6. The lowest BCUT2D eigenvalue weighted by Gasteiger charge is -2.13. The van der Waals surface area contributed by atoms with Crippen LogP contribution in [0.15, 0.2) is 24.3 Å². The number of hydrogen-bond donors (Lipinski definition) is 2. The molecule has 0 fully saturated rings. The Balaban J connectivity index is 2.61. The number of hydrogen-bond acceptors (Lipinski definition) is 5. The Kier molecular flexibility index (Phi) is 6.12. The zero-order chi connectivity index (χ0) is 15.8. The molecule has 0 saturated carbocycles. The number of rotatable bonds is 8. The minimum absolute atomic E-state index is 0.0417. The molecule has 1 aromatic carbocycles. The van der Waals surface area contributed by atoms with Crippen molar-refractivity contribution in [2.45, 2.75) is 25.8 Å². The second kappa shape index (κ2) is 7.83. The molecule has 21 heavy (non-hydrogen) atoms. The summed E-state index contributed by atoms with van der Waals surface area (Å²) in [5.74, 6) is -1.81. The quantitative estimate of drug-likeness (QED) is 0.552. The highest BCUT2D eigenvalue weighted by molar-refractivity contribution is 5.84. The van der Waals surface area contributed by atoms with Crippen LogP contribution in [0.2, 0.25) is 0 Å². The van der Waals surface area contributed by atoms with Crippen LogP contribution < -0.4 is 10.1 Å². The number of nitrogens with zero attached hydrogens (tertiary/aromatic N) is 1. The van der Waals surface area contributed by atoms with E-state index in [9.17, 15) is 19.7 Å². The first-order valence-electron chi connectivity index (χ1n) is 6.34. The zero-order valence-electron chi connectivity index (χ0n) is 11.4. The van der Waals surface area contributed by atoms with E-state index in [4.69, 9.17) is 9.84 Å². The third-order valence-corrected chi connectivity index (χ3v) is 2.63. The molecule has 114 valence electrons. The van der Waals surface area contributed by atoms with Crippen molar-refractivity contribution in [2.24, 2.45) is 0 Å². The highest BCUT2D eigenvalue weighted by atomic mass is 16.6. The molecule has 8 nitrogen and oxygen atoms in total. The van der Waals surface area contributed by atoms with Crippen LogP contribution in [0.5, 0.6) is 5.75 Å². The number of benzene rings is 1. The molecule has 0 saturated heterocycles. The normalized spacial score (nSPS) is 11.5. The number of nitrogens with one attached hydrogen (secondary N) is 1. The van der Waals surface area contributed by atoms with Crippen molar-refractivity contribution in [2.75, 3.05) is 6.61 Å². The number of carbonyl (C=O) groups is 2. The summed E-state index contributed by atoms with van der Waals surface area (Å²) in [6, 6.07) is 4.65. The third-order valence-electron chi connectivity index (χ3n) is 2.63. The maximum Gasteiger partial charge on any atom is 0.326 e. The summed E-state index contributed by atoms with van der Waals surface area (Å²) in [7, 11) is 0. The summed E-state index contributed by atoms with van der Waals surface area (Å²) in [5, 5.41) is 22.0. The van der Waals surface area contributed by atoms with E-state index in [1.54, 1.807) is 6.92 Å². The fourth-order valence-electron chi connectivity index (χ4n) is 1.66. The number of carboxylic acid groups (broad SMARTS) is 1. The second-order valence-electron chi connectivity index (χ2n) is 4.26. The molecule has 0 radical (unpaired) electrons. The number of carboxylic acids is 1. The maximum atomic E-state index is 11.6. The molecule has 1 atom stereocenters. The minimum Gasteiger partial charge on any atom is -0.480 e. The van der Waals surface area contributed by atoms with E-state index < -0.39 is 29.4 Å². The average Bonchev–Trinajstić information content (AvgIpc) is 2.44. The molecular weight excluding hydrogens is 280 g/mol. The van der Waals surface area contributed by atoms with Gasteiger partial charge >= 0.3 is 11.7 Å². The monoisotopic (exact) mass is 296 g/mol. The summed E-state index contributed by atoms with van der Waals surface area (Å²) < 4.78 is 5.07. The first-order chi connectivity index (χ1) is 9.95. The van der Waals surface area contributed by atoms with E-state index >= 15 is 0 Å². The standard InChI is InChI=1S/C13H16N2O6/c1-2-5-9(13(17)18)14-12(16)8-21-11-7-4-3-6-10(11)15(19)20/h3-4,6-7,9H,2,5,8H2,1H3,(H,14,16)(H,17,18)/t9-/m1/s1. The Labute approximate surface area is 120 Å². The predicted octanol–water partition coefficient (Wildman–Crippen LogP) is 1.34. The van der Waals surface area contributed by atoms with Gasteiger partial charge in [-0.1, -0.05) is 25.5 Å². The number of aliphatic carboxylic acids is 1. The van der Waals surface area contributed by atoms with E-state index in [0.717, 1.165) is 0 Å². The zero-order valence-corrected chi connectivity index (χ0v) is 11.4. The maximum absolute atomic E-state index is 11.6. The van der Waals surface area contributed by atoms with Crippen LogP contribution in [0.1, 0.15) is 19.8 Å². The fourth-order valence-corrected chi connectivity index (χ4v) is 1.66. The van der Waals surface area contributed by atoms with Crippen LogP contribution in [-0.2, 0) is 9.59 Å². The summed E-state index contributed by atoms with van der Waals surface area (Å²) >= 11 is 0. The van der Waals surface area contributed by atoms with Crippen LogP contribution in [-0.4, -0.2) is 34.6 Å². The fraction of sp³-hybridized carbons (Fsp3) is 0.385. The van der Waals surface area contributed by atoms with E-state index in [-0.39, 0.29) is 11.4 Å². The van der Waals surface area contributed by atoms with Gasteiger partial charge in [-0.2, -0.15) is 0 Å². The van der Waals surface area contributed by atoms with E-state index in [1.807, 2.05) is 0 Å². The molecule has 0 bridgehead atoms. The minimum atomic E-state index is -1.13. The summed E-state index contributed by atoms with van der Waals surface area (Å²) in [6.07, 6.45) is 0.898. The topological polar surface area (TPSA) is 119 Å². The Morgan fingerprint density at radius 3 is 2.67 bits per heavy atom. The van der Waals surface area contributed by atoms with Gasteiger partial charge in [0.15, 0.2) is 12.4 Å². The lowest BCUT2D eigenvalue weighted by atomic mass is 10.2. The van der Waals surface area contributed by atoms with Crippen molar-refractivity contribution in [3.05, 3.63) is 34.4 Å². The highest BCUT2D eigenvalue weighted by Crippen LogP contribution is 2.25. The van der Waals surface area contributed by atoms with E-state index in [0.29, 0.717) is 12.8 Å². The first-order valence-corrected chi connectivity index (χ1v) is 6.34. The van der Waals surface area contributed by atoms with E-state index in [2.05, 4.69) is 5.32 Å². The number of para-hydroxylation sites is 2. The molecule has 0 unspecified atom stereocenters.